The summed E-state index contributed by atoms with van der Waals surface area (Å²) in [6, 6.07) is 9.92. The minimum atomic E-state index is -0.152. The van der Waals surface area contributed by atoms with Crippen LogP contribution in [0.1, 0.15) is 25.8 Å². The lowest BCUT2D eigenvalue weighted by Gasteiger charge is -2.23. The van der Waals surface area contributed by atoms with Gasteiger partial charge in [-0.3, -0.25) is 4.79 Å². The van der Waals surface area contributed by atoms with E-state index in [2.05, 4.69) is 10.6 Å². The highest BCUT2D eigenvalue weighted by Gasteiger charge is 2.18. The first-order chi connectivity index (χ1) is 7.53. The zero-order chi connectivity index (χ0) is 12.0. The summed E-state index contributed by atoms with van der Waals surface area (Å²) in [4.78, 5) is 11.6. The zero-order valence-electron chi connectivity index (χ0n) is 10.2. The van der Waals surface area contributed by atoms with E-state index in [9.17, 15) is 4.79 Å². The highest BCUT2D eigenvalue weighted by Crippen LogP contribution is 2.07. The van der Waals surface area contributed by atoms with Crippen molar-refractivity contribution < 1.29 is 4.79 Å². The van der Waals surface area contributed by atoms with Gasteiger partial charge in [-0.2, -0.15) is 0 Å². The van der Waals surface area contributed by atoms with E-state index in [0.29, 0.717) is 13.0 Å². The van der Waals surface area contributed by atoms with E-state index in [0.717, 1.165) is 5.56 Å². The number of amides is 1. The predicted octanol–water partition coefficient (Wildman–Crippen LogP) is 1.69. The van der Waals surface area contributed by atoms with Gasteiger partial charge < -0.3 is 10.6 Å². The Morgan fingerprint density at radius 3 is 2.44 bits per heavy atom. The molecule has 3 heteroatoms. The number of rotatable bonds is 5. The van der Waals surface area contributed by atoms with Gasteiger partial charge in [0.05, 0.1) is 0 Å². The van der Waals surface area contributed by atoms with Crippen molar-refractivity contribution >= 4 is 5.91 Å². The van der Waals surface area contributed by atoms with Crippen molar-refractivity contribution in [2.24, 2.45) is 0 Å². The number of benzene rings is 1. The van der Waals surface area contributed by atoms with Gasteiger partial charge in [-0.15, -0.1) is 0 Å². The van der Waals surface area contributed by atoms with E-state index >= 15 is 0 Å². The maximum absolute atomic E-state index is 11.6. The summed E-state index contributed by atoms with van der Waals surface area (Å²) in [5.41, 5.74) is 0.971. The zero-order valence-corrected chi connectivity index (χ0v) is 10.2. The van der Waals surface area contributed by atoms with Gasteiger partial charge in [0, 0.05) is 18.5 Å². The van der Waals surface area contributed by atoms with Crippen LogP contribution in [0.4, 0.5) is 0 Å². The van der Waals surface area contributed by atoms with Gasteiger partial charge >= 0.3 is 0 Å². The summed E-state index contributed by atoms with van der Waals surface area (Å²) in [5.74, 6) is 0.0724. The first kappa shape index (κ1) is 12.7. The van der Waals surface area contributed by atoms with Gasteiger partial charge in [0.2, 0.25) is 5.91 Å². The molecule has 0 aromatic heterocycles. The van der Waals surface area contributed by atoms with Gasteiger partial charge in [-0.05, 0) is 26.5 Å². The van der Waals surface area contributed by atoms with E-state index in [1.165, 1.54) is 0 Å². The van der Waals surface area contributed by atoms with Gasteiger partial charge in [-0.1, -0.05) is 30.3 Å². The van der Waals surface area contributed by atoms with Crippen molar-refractivity contribution in [3.05, 3.63) is 35.9 Å². The van der Waals surface area contributed by atoms with E-state index in [-0.39, 0.29) is 11.4 Å². The minimum Gasteiger partial charge on any atom is -0.352 e. The van der Waals surface area contributed by atoms with Crippen LogP contribution >= 0.6 is 0 Å². The molecule has 88 valence electrons. The smallest absolute Gasteiger partial charge is 0.222 e. The van der Waals surface area contributed by atoms with Crippen molar-refractivity contribution in [3.8, 4) is 0 Å². The second kappa shape index (κ2) is 5.66. The van der Waals surface area contributed by atoms with Crippen LogP contribution in [0.3, 0.4) is 0 Å². The molecule has 0 aliphatic carbocycles. The summed E-state index contributed by atoms with van der Waals surface area (Å²) >= 11 is 0. The number of hydrogen-bond donors (Lipinski definition) is 2. The molecular weight excluding hydrogens is 200 g/mol. The Kier molecular flexibility index (Phi) is 4.50. The molecule has 0 aliphatic rings. The first-order valence-corrected chi connectivity index (χ1v) is 5.53. The van der Waals surface area contributed by atoms with Crippen molar-refractivity contribution in [3.63, 3.8) is 0 Å². The quantitative estimate of drug-likeness (QED) is 0.793. The van der Waals surface area contributed by atoms with Crippen LogP contribution in [0.2, 0.25) is 0 Å². The molecule has 1 rings (SSSR count). The third kappa shape index (κ3) is 4.45. The first-order valence-electron chi connectivity index (χ1n) is 5.53. The van der Waals surface area contributed by atoms with Crippen molar-refractivity contribution in [2.75, 3.05) is 7.05 Å². The number of hydrogen-bond acceptors (Lipinski definition) is 2. The van der Waals surface area contributed by atoms with Crippen LogP contribution in [0.25, 0.3) is 0 Å². The van der Waals surface area contributed by atoms with Crippen LogP contribution in [0.15, 0.2) is 30.3 Å². The van der Waals surface area contributed by atoms with Crippen molar-refractivity contribution in [1.29, 1.82) is 0 Å². The number of nitrogens with one attached hydrogen (secondary N) is 2. The lowest BCUT2D eigenvalue weighted by molar-refractivity contribution is -0.122. The van der Waals surface area contributed by atoms with Gasteiger partial charge in [0.1, 0.15) is 0 Å². The van der Waals surface area contributed by atoms with Gasteiger partial charge in [0.15, 0.2) is 0 Å². The lowest BCUT2D eigenvalue weighted by Crippen LogP contribution is -2.41. The van der Waals surface area contributed by atoms with Crippen LogP contribution in [-0.4, -0.2) is 18.5 Å². The molecule has 0 unspecified atom stereocenters. The molecular formula is C13H20N2O. The molecule has 1 amide bonds. The standard InChI is InChI=1S/C13H20N2O/c1-13(2,14-3)9-12(16)15-10-11-7-5-4-6-8-11/h4-8,14H,9-10H2,1-3H3,(H,15,16). The SMILES string of the molecule is CNC(C)(C)CC(=O)NCc1ccccc1. The molecule has 0 heterocycles. The van der Waals surface area contributed by atoms with Crippen LogP contribution in [0.5, 0.6) is 0 Å². The second-order valence-electron chi connectivity index (χ2n) is 4.57. The molecule has 0 saturated carbocycles. The Hall–Kier alpha value is -1.35. The fourth-order valence-electron chi connectivity index (χ4n) is 1.35. The molecule has 0 saturated heterocycles. The monoisotopic (exact) mass is 220 g/mol. The van der Waals surface area contributed by atoms with Crippen LogP contribution in [0, 0.1) is 0 Å². The average Bonchev–Trinajstić information content (AvgIpc) is 2.27. The third-order valence-electron chi connectivity index (χ3n) is 2.61. The number of carbonyl (C=O) groups excluding carboxylic acids is 1. The molecule has 16 heavy (non-hydrogen) atoms. The molecule has 0 bridgehead atoms. The van der Waals surface area contributed by atoms with Crippen LogP contribution < -0.4 is 10.6 Å². The average molecular weight is 220 g/mol. The topological polar surface area (TPSA) is 41.1 Å². The Balaban J connectivity index is 2.36. The molecule has 0 atom stereocenters. The Morgan fingerprint density at radius 1 is 1.25 bits per heavy atom. The molecule has 0 fully saturated rings. The Labute approximate surface area is 97.2 Å². The highest BCUT2D eigenvalue weighted by molar-refractivity contribution is 5.77. The third-order valence-corrected chi connectivity index (χ3v) is 2.61. The largest absolute Gasteiger partial charge is 0.352 e. The maximum atomic E-state index is 11.6. The molecule has 0 aliphatic heterocycles. The summed E-state index contributed by atoms with van der Waals surface area (Å²) < 4.78 is 0. The normalized spacial score (nSPS) is 11.2. The molecule has 1 aromatic carbocycles. The minimum absolute atomic E-state index is 0.0724. The molecule has 2 N–H and O–H groups in total. The molecule has 0 spiro atoms. The fraction of sp³-hybridized carbons (Fsp3) is 0.462. The summed E-state index contributed by atoms with van der Waals surface area (Å²) in [7, 11) is 1.87. The summed E-state index contributed by atoms with van der Waals surface area (Å²) in [6.45, 7) is 4.61. The molecule has 3 nitrogen and oxygen atoms in total. The predicted molar refractivity (Wildman–Crippen MR) is 66.0 cm³/mol. The summed E-state index contributed by atoms with van der Waals surface area (Å²) in [5, 5.41) is 6.02. The van der Waals surface area contributed by atoms with Gasteiger partial charge in [-0.25, -0.2) is 0 Å². The number of carbonyl (C=O) groups is 1. The lowest BCUT2D eigenvalue weighted by atomic mass is 10.0. The van der Waals surface area contributed by atoms with E-state index in [1.54, 1.807) is 0 Å². The van der Waals surface area contributed by atoms with E-state index in [1.807, 2.05) is 51.2 Å². The molecule has 0 radical (unpaired) electrons. The Morgan fingerprint density at radius 2 is 1.88 bits per heavy atom. The maximum Gasteiger partial charge on any atom is 0.222 e. The van der Waals surface area contributed by atoms with Crippen molar-refractivity contribution in [1.82, 2.24) is 10.6 Å². The highest BCUT2D eigenvalue weighted by atomic mass is 16.1. The fourth-order valence-corrected chi connectivity index (χ4v) is 1.35. The van der Waals surface area contributed by atoms with E-state index < -0.39 is 0 Å². The van der Waals surface area contributed by atoms with E-state index in [4.69, 9.17) is 0 Å². The summed E-state index contributed by atoms with van der Waals surface area (Å²) in [6.07, 6.45) is 0.482. The van der Waals surface area contributed by atoms with Crippen LogP contribution in [-0.2, 0) is 11.3 Å². The Bertz CT molecular complexity index is 333. The van der Waals surface area contributed by atoms with Gasteiger partial charge in [0.25, 0.3) is 0 Å². The van der Waals surface area contributed by atoms with Crippen molar-refractivity contribution in [2.45, 2.75) is 32.4 Å². The molecule has 1 aromatic rings. The second-order valence-corrected chi connectivity index (χ2v) is 4.57.